The molecule has 0 N–H and O–H groups in total. The van der Waals surface area contributed by atoms with Crippen LogP contribution in [0.25, 0.3) is 11.1 Å². The Morgan fingerprint density at radius 2 is 1.04 bits per heavy atom. The number of fused-ring (bicyclic) bond motifs is 3. The Balaban J connectivity index is 0.00000125. The van der Waals surface area contributed by atoms with E-state index in [1.54, 1.807) is 50.1 Å². The van der Waals surface area contributed by atoms with Crippen molar-refractivity contribution < 1.29 is 51.0 Å². The van der Waals surface area contributed by atoms with Crippen molar-refractivity contribution in [2.45, 2.75) is 148 Å². The standard InChI is InChI=1S/C48H60.2ClH.Zr/c1-28(2)48(11-10-35-18-38(21-43(35)48)45(3,4)5)44-39-8-6-36(46-22-29-12-30(23-46)14-31(13-29)24-46)19-41(39)42-20-37(7-9-40(42)44)47-25-32-15-33(26-47)17-34(16-32)27-47;;;/h6-9,19-21,28-34,44H,10-18,22-27H2,1-5H3;2*1H;/q;;;+2/p-2. The number of halogens is 2. The van der Waals surface area contributed by atoms with Gasteiger partial charge in [0.1, 0.15) is 0 Å². The maximum absolute atomic E-state index is 2.83. The number of allylic oxidation sites excluding steroid dienone is 4. The van der Waals surface area contributed by atoms with E-state index in [4.69, 9.17) is 0 Å². The predicted molar refractivity (Wildman–Crippen MR) is 199 cm³/mol. The van der Waals surface area contributed by atoms with Gasteiger partial charge in [-0.3, -0.25) is 0 Å². The van der Waals surface area contributed by atoms with Gasteiger partial charge in [0, 0.05) is 11.3 Å². The van der Waals surface area contributed by atoms with Crippen LogP contribution in [0.4, 0.5) is 0 Å². The van der Waals surface area contributed by atoms with Gasteiger partial charge in [-0.05, 0) is 193 Å². The molecule has 1 unspecified atom stereocenters. The van der Waals surface area contributed by atoms with Crippen LogP contribution in [-0.4, -0.2) is 0 Å². The van der Waals surface area contributed by atoms with Gasteiger partial charge in [-0.2, -0.15) is 0 Å². The molecule has 11 aliphatic carbocycles. The minimum absolute atomic E-state index is 0. The van der Waals surface area contributed by atoms with Crippen LogP contribution in [0.1, 0.15) is 159 Å². The second-order valence-corrected chi connectivity index (χ2v) is 21.2. The Morgan fingerprint density at radius 1 is 0.627 bits per heavy atom. The topological polar surface area (TPSA) is 0 Å². The Morgan fingerprint density at radius 3 is 1.41 bits per heavy atom. The molecular formula is C48H60Cl2Zr. The molecule has 0 saturated heterocycles. The molecule has 8 fully saturated rings. The first-order valence-electron chi connectivity index (χ1n) is 20.7. The van der Waals surface area contributed by atoms with Crippen molar-refractivity contribution in [2.24, 2.45) is 52.3 Å². The Hall–Kier alpha value is -0.617. The summed E-state index contributed by atoms with van der Waals surface area (Å²) in [6.45, 7) is 12.5. The largest absolute Gasteiger partial charge is 2.00 e. The predicted octanol–water partition coefficient (Wildman–Crippen LogP) is 6.85. The fourth-order valence-corrected chi connectivity index (χ4v) is 15.9. The average Bonchev–Trinajstić information content (AvgIpc) is 3.70. The van der Waals surface area contributed by atoms with Gasteiger partial charge in [0.15, 0.2) is 0 Å². The second kappa shape index (κ2) is 12.4. The van der Waals surface area contributed by atoms with Gasteiger partial charge < -0.3 is 24.8 Å². The fourth-order valence-electron chi connectivity index (χ4n) is 15.9. The van der Waals surface area contributed by atoms with Crippen LogP contribution < -0.4 is 24.8 Å². The number of hydrogen-bond acceptors (Lipinski definition) is 0. The Bertz CT molecular complexity index is 1640. The monoisotopic (exact) mass is 796 g/mol. The van der Waals surface area contributed by atoms with Crippen LogP contribution in [0.5, 0.6) is 0 Å². The first kappa shape index (κ1) is 37.3. The molecule has 0 amide bonds. The number of rotatable bonds is 4. The third-order valence-corrected chi connectivity index (χ3v) is 17.3. The molecule has 2 aromatic carbocycles. The van der Waals surface area contributed by atoms with Crippen molar-refractivity contribution >= 4 is 0 Å². The van der Waals surface area contributed by atoms with Gasteiger partial charge >= 0.3 is 26.2 Å². The molecule has 51 heavy (non-hydrogen) atoms. The normalized spacial score (nSPS) is 40.4. The summed E-state index contributed by atoms with van der Waals surface area (Å²) in [5, 5.41) is 0. The molecule has 1 atom stereocenters. The van der Waals surface area contributed by atoms with Crippen molar-refractivity contribution in [3.05, 3.63) is 81.4 Å². The molecule has 3 heteroatoms. The van der Waals surface area contributed by atoms with Crippen LogP contribution in [0, 0.1) is 52.3 Å². The minimum atomic E-state index is 0. The maximum atomic E-state index is 2.83. The van der Waals surface area contributed by atoms with Crippen molar-refractivity contribution in [1.29, 1.82) is 0 Å². The second-order valence-electron chi connectivity index (χ2n) is 21.2. The molecule has 2 aromatic rings. The Labute approximate surface area is 341 Å². The minimum Gasteiger partial charge on any atom is -1.00 e. The average molecular weight is 799 g/mol. The SMILES string of the molecule is CC(C)C1(C2c3ccc(C45CC6CC(CC(C6)C4)C5)cc3-c3cc(C45CC6CC(CC(C6)C4)C5)ccc32)CCC2=C1C=C(C(C)(C)C)C2.[Cl-].[Cl-].[Zr+2]. The maximum Gasteiger partial charge on any atom is 2.00 e. The van der Waals surface area contributed by atoms with E-state index < -0.39 is 0 Å². The van der Waals surface area contributed by atoms with Crippen molar-refractivity contribution in [1.82, 2.24) is 0 Å². The Kier molecular flexibility index (Phi) is 9.10. The van der Waals surface area contributed by atoms with Gasteiger partial charge in [0.25, 0.3) is 0 Å². The number of hydrogen-bond donors (Lipinski definition) is 0. The van der Waals surface area contributed by atoms with E-state index in [0.717, 1.165) is 35.5 Å². The van der Waals surface area contributed by atoms with Crippen LogP contribution in [-0.2, 0) is 37.0 Å². The first-order chi connectivity index (χ1) is 23.0. The van der Waals surface area contributed by atoms with Gasteiger partial charge in [-0.15, -0.1) is 0 Å². The van der Waals surface area contributed by atoms with Crippen molar-refractivity contribution in [3.8, 4) is 11.1 Å². The van der Waals surface area contributed by atoms with E-state index in [0.29, 0.717) is 22.7 Å². The van der Waals surface area contributed by atoms with Crippen LogP contribution in [0.15, 0.2) is 59.2 Å². The molecular weight excluding hydrogens is 739 g/mol. The molecule has 0 spiro atoms. The molecule has 0 nitrogen and oxygen atoms in total. The smallest absolute Gasteiger partial charge is 1.00 e. The van der Waals surface area contributed by atoms with Crippen molar-refractivity contribution in [2.75, 3.05) is 0 Å². The van der Waals surface area contributed by atoms with E-state index in [-0.39, 0.29) is 61.8 Å². The van der Waals surface area contributed by atoms with E-state index in [1.165, 1.54) is 96.3 Å². The van der Waals surface area contributed by atoms with Gasteiger partial charge in [-0.1, -0.05) is 88.2 Å². The molecule has 270 valence electrons. The molecule has 8 bridgehead atoms. The molecule has 0 aliphatic heterocycles. The third-order valence-electron chi connectivity index (χ3n) is 17.3. The summed E-state index contributed by atoms with van der Waals surface area (Å²) < 4.78 is 0. The van der Waals surface area contributed by atoms with E-state index in [1.807, 2.05) is 0 Å². The zero-order valence-corrected chi connectivity index (χ0v) is 36.0. The summed E-state index contributed by atoms with van der Waals surface area (Å²) in [5.41, 5.74) is 16.7. The molecule has 0 aromatic heterocycles. The van der Waals surface area contributed by atoms with Gasteiger partial charge in [0.2, 0.25) is 0 Å². The van der Waals surface area contributed by atoms with Gasteiger partial charge in [0.05, 0.1) is 0 Å². The van der Waals surface area contributed by atoms with Crippen LogP contribution in [0.3, 0.4) is 0 Å². The molecule has 8 saturated carbocycles. The summed E-state index contributed by atoms with van der Waals surface area (Å²) in [4.78, 5) is 0. The molecule has 0 radical (unpaired) electrons. The summed E-state index contributed by atoms with van der Waals surface area (Å²) in [7, 11) is 0. The number of benzene rings is 2. The summed E-state index contributed by atoms with van der Waals surface area (Å²) in [6.07, 6.45) is 24.5. The quantitative estimate of drug-likeness (QED) is 0.318. The third kappa shape index (κ3) is 5.25. The summed E-state index contributed by atoms with van der Waals surface area (Å²) >= 11 is 0. The van der Waals surface area contributed by atoms with Crippen LogP contribution >= 0.6 is 0 Å². The van der Waals surface area contributed by atoms with Crippen molar-refractivity contribution in [3.63, 3.8) is 0 Å². The molecule has 11 aliphatic rings. The van der Waals surface area contributed by atoms with Gasteiger partial charge in [-0.25, -0.2) is 0 Å². The fraction of sp³-hybridized carbons (Fsp3) is 0.667. The molecule has 0 heterocycles. The summed E-state index contributed by atoms with van der Waals surface area (Å²) in [6, 6.07) is 16.5. The van der Waals surface area contributed by atoms with E-state index in [9.17, 15) is 0 Å². The molecule has 13 rings (SSSR count). The first-order valence-corrected chi connectivity index (χ1v) is 20.7. The van der Waals surface area contributed by atoms with E-state index in [2.05, 4.69) is 77.1 Å². The van der Waals surface area contributed by atoms with E-state index >= 15 is 0 Å². The summed E-state index contributed by atoms with van der Waals surface area (Å²) in [5.74, 6) is 7.03. The van der Waals surface area contributed by atoms with Crippen LogP contribution in [0.2, 0.25) is 0 Å². The zero-order chi connectivity index (χ0) is 32.4. The zero-order valence-electron chi connectivity index (χ0n) is 32.0.